The fourth-order valence-corrected chi connectivity index (χ4v) is 3.95. The van der Waals surface area contributed by atoms with Crippen molar-refractivity contribution >= 4 is 54.9 Å². The molecule has 0 radical (unpaired) electrons. The summed E-state index contributed by atoms with van der Waals surface area (Å²) in [6, 6.07) is 8.62. The average molecular weight is 456 g/mol. The fraction of sp³-hybridized carbons (Fsp3) is 0. The number of rotatable bonds is 3. The maximum absolute atomic E-state index is 13.9. The number of nitrogens with zero attached hydrogens (tertiary/aromatic N) is 1. The Balaban J connectivity index is 2.06. The summed E-state index contributed by atoms with van der Waals surface area (Å²) in [7, 11) is -4.03. The predicted octanol–water partition coefficient (Wildman–Crippen LogP) is 3.17. The molecule has 0 aliphatic heterocycles. The zero-order chi connectivity index (χ0) is 17.5. The summed E-state index contributed by atoms with van der Waals surface area (Å²) in [4.78, 5) is 2.80. The molecule has 0 aliphatic carbocycles. The van der Waals surface area contributed by atoms with E-state index >= 15 is 0 Å². The van der Waals surface area contributed by atoms with Crippen molar-refractivity contribution in [3.8, 4) is 6.07 Å². The molecule has 0 saturated carbocycles. The number of anilines is 2. The Morgan fingerprint density at radius 2 is 2.04 bits per heavy atom. The van der Waals surface area contributed by atoms with Crippen molar-refractivity contribution in [2.45, 2.75) is 4.90 Å². The van der Waals surface area contributed by atoms with Gasteiger partial charge in [0.1, 0.15) is 10.7 Å². The highest BCUT2D eigenvalue weighted by Crippen LogP contribution is 2.31. The van der Waals surface area contributed by atoms with Crippen molar-refractivity contribution in [2.24, 2.45) is 0 Å². The molecule has 122 valence electrons. The highest BCUT2D eigenvalue weighted by molar-refractivity contribution is 14.1. The second kappa shape index (κ2) is 5.95. The molecule has 3 aromatic rings. The van der Waals surface area contributed by atoms with E-state index < -0.39 is 15.8 Å². The molecule has 0 atom stereocenters. The van der Waals surface area contributed by atoms with Crippen LogP contribution >= 0.6 is 22.6 Å². The minimum Gasteiger partial charge on any atom is -0.396 e. The third-order valence-electron chi connectivity index (χ3n) is 3.44. The van der Waals surface area contributed by atoms with Crippen LogP contribution in [0.2, 0.25) is 0 Å². The maximum Gasteiger partial charge on any atom is 0.264 e. The van der Waals surface area contributed by atoms with Gasteiger partial charge in [0.15, 0.2) is 0 Å². The van der Waals surface area contributed by atoms with E-state index in [0.717, 1.165) is 9.64 Å². The van der Waals surface area contributed by atoms with Gasteiger partial charge in [-0.2, -0.15) is 5.26 Å². The second-order valence-corrected chi connectivity index (χ2v) is 7.76. The lowest BCUT2D eigenvalue weighted by molar-refractivity contribution is 0.599. The number of H-pyrrole nitrogens is 1. The lowest BCUT2D eigenvalue weighted by Gasteiger charge is -2.08. The van der Waals surface area contributed by atoms with Crippen LogP contribution in [0.5, 0.6) is 0 Å². The topological polar surface area (TPSA) is 112 Å². The summed E-state index contributed by atoms with van der Waals surface area (Å²) in [6.07, 6.45) is 1.31. The van der Waals surface area contributed by atoms with E-state index in [-0.39, 0.29) is 16.1 Å². The molecule has 6 nitrogen and oxygen atoms in total. The second-order valence-electron chi connectivity index (χ2n) is 4.95. The third kappa shape index (κ3) is 2.78. The Hall–Kier alpha value is -2.32. The van der Waals surface area contributed by atoms with Crippen LogP contribution < -0.4 is 10.5 Å². The van der Waals surface area contributed by atoms with Gasteiger partial charge in [-0.1, -0.05) is 6.07 Å². The van der Waals surface area contributed by atoms with Crippen LogP contribution in [-0.2, 0) is 10.0 Å². The number of nitriles is 1. The number of nitrogens with one attached hydrogen (secondary N) is 2. The number of aromatic nitrogens is 1. The number of halogens is 2. The molecule has 0 amide bonds. The van der Waals surface area contributed by atoms with Crippen molar-refractivity contribution in [1.29, 1.82) is 5.26 Å². The Morgan fingerprint density at radius 1 is 1.29 bits per heavy atom. The fourth-order valence-electron chi connectivity index (χ4n) is 2.26. The van der Waals surface area contributed by atoms with Gasteiger partial charge >= 0.3 is 0 Å². The van der Waals surface area contributed by atoms with E-state index in [1.54, 1.807) is 18.2 Å². The summed E-state index contributed by atoms with van der Waals surface area (Å²) in [6.45, 7) is 0. The molecule has 3 rings (SSSR count). The third-order valence-corrected chi connectivity index (χ3v) is 5.78. The van der Waals surface area contributed by atoms with E-state index in [1.165, 1.54) is 18.3 Å². The van der Waals surface area contributed by atoms with Crippen molar-refractivity contribution in [2.75, 3.05) is 10.5 Å². The van der Waals surface area contributed by atoms with Crippen LogP contribution in [-0.4, -0.2) is 13.4 Å². The summed E-state index contributed by atoms with van der Waals surface area (Å²) in [5.74, 6) is -0.827. The lowest BCUT2D eigenvalue weighted by Crippen LogP contribution is -2.13. The van der Waals surface area contributed by atoms with Gasteiger partial charge in [-0.3, -0.25) is 4.72 Å². The summed E-state index contributed by atoms with van der Waals surface area (Å²) in [5, 5.41) is 9.14. The largest absolute Gasteiger partial charge is 0.396 e. The van der Waals surface area contributed by atoms with E-state index in [1.807, 2.05) is 22.6 Å². The first-order chi connectivity index (χ1) is 11.3. The Bertz CT molecular complexity index is 1100. The number of nitrogens with two attached hydrogens (primary N) is 1. The molecule has 0 saturated heterocycles. The van der Waals surface area contributed by atoms with Crippen LogP contribution in [0.3, 0.4) is 0 Å². The van der Waals surface area contributed by atoms with Gasteiger partial charge in [0.05, 0.1) is 28.5 Å². The Labute approximate surface area is 150 Å². The molecule has 0 fully saturated rings. The summed E-state index contributed by atoms with van der Waals surface area (Å²) in [5.41, 5.74) is 6.75. The van der Waals surface area contributed by atoms with Crippen LogP contribution in [0, 0.1) is 20.7 Å². The number of sulfonamides is 1. The molecule has 1 heterocycles. The minimum absolute atomic E-state index is 0.0376. The number of aromatic amines is 1. The molecule has 1 aromatic heterocycles. The van der Waals surface area contributed by atoms with Crippen molar-refractivity contribution in [3.63, 3.8) is 0 Å². The monoisotopic (exact) mass is 456 g/mol. The quantitative estimate of drug-likeness (QED) is 0.415. The van der Waals surface area contributed by atoms with Gasteiger partial charge in [-0.05, 0) is 46.9 Å². The molecule has 24 heavy (non-hydrogen) atoms. The Kier molecular flexibility index (Phi) is 4.10. The van der Waals surface area contributed by atoms with Crippen LogP contribution in [0.1, 0.15) is 5.56 Å². The predicted molar refractivity (Wildman–Crippen MR) is 97.4 cm³/mol. The number of fused-ring (bicyclic) bond motifs is 1. The van der Waals surface area contributed by atoms with Gasteiger partial charge in [-0.25, -0.2) is 12.8 Å². The maximum atomic E-state index is 13.9. The van der Waals surface area contributed by atoms with E-state index in [9.17, 15) is 12.8 Å². The van der Waals surface area contributed by atoms with E-state index in [0.29, 0.717) is 16.6 Å². The summed E-state index contributed by atoms with van der Waals surface area (Å²) >= 11 is 2.05. The molecule has 4 N–H and O–H groups in total. The van der Waals surface area contributed by atoms with E-state index in [2.05, 4.69) is 9.71 Å². The number of hydrogen-bond acceptors (Lipinski definition) is 4. The van der Waals surface area contributed by atoms with Gasteiger partial charge in [0.25, 0.3) is 10.0 Å². The first-order valence-corrected chi connectivity index (χ1v) is 9.17. The van der Waals surface area contributed by atoms with Crippen LogP contribution in [0.4, 0.5) is 15.8 Å². The van der Waals surface area contributed by atoms with Crippen molar-refractivity contribution in [3.05, 3.63) is 51.5 Å². The van der Waals surface area contributed by atoms with Crippen LogP contribution in [0.15, 0.2) is 41.4 Å². The molecule has 0 spiro atoms. The molecule has 0 bridgehead atoms. The first kappa shape index (κ1) is 16.5. The normalized spacial score (nSPS) is 11.4. The number of nitrogen functional groups attached to an aromatic ring is 1. The zero-order valence-corrected chi connectivity index (χ0v) is 14.9. The van der Waals surface area contributed by atoms with Gasteiger partial charge in [0, 0.05) is 15.2 Å². The molecule has 2 aromatic carbocycles. The smallest absolute Gasteiger partial charge is 0.264 e. The van der Waals surface area contributed by atoms with Gasteiger partial charge < -0.3 is 10.7 Å². The molecule has 0 aliphatic rings. The van der Waals surface area contributed by atoms with Crippen LogP contribution in [0.25, 0.3) is 10.9 Å². The first-order valence-electron chi connectivity index (χ1n) is 6.61. The SMILES string of the molecule is N#Cc1ccc(NS(=O)(=O)c2c[nH]c3c(N)c(I)ccc23)c(F)c1. The molecule has 0 unspecified atom stereocenters. The lowest BCUT2D eigenvalue weighted by atomic mass is 10.2. The van der Waals surface area contributed by atoms with Gasteiger partial charge in [-0.15, -0.1) is 0 Å². The summed E-state index contributed by atoms with van der Waals surface area (Å²) < 4.78 is 42.1. The number of hydrogen-bond donors (Lipinski definition) is 3. The molecular formula is C15H10FIN4O2S. The van der Waals surface area contributed by atoms with Crippen molar-refractivity contribution < 1.29 is 12.8 Å². The Morgan fingerprint density at radius 3 is 2.71 bits per heavy atom. The van der Waals surface area contributed by atoms with E-state index in [4.69, 9.17) is 11.0 Å². The van der Waals surface area contributed by atoms with Crippen molar-refractivity contribution in [1.82, 2.24) is 4.98 Å². The highest BCUT2D eigenvalue weighted by Gasteiger charge is 2.22. The zero-order valence-electron chi connectivity index (χ0n) is 12.0. The standard InChI is InChI=1S/C15H10FIN4O2S/c16-10-5-8(6-18)1-4-12(10)21-24(22,23)13-7-20-15-9(13)2-3-11(17)14(15)19/h1-5,7,20-21H,19H2. The molecule has 9 heteroatoms. The average Bonchev–Trinajstić information content (AvgIpc) is 2.98. The highest BCUT2D eigenvalue weighted by atomic mass is 127. The van der Waals surface area contributed by atoms with Gasteiger partial charge in [0.2, 0.25) is 0 Å². The molecular weight excluding hydrogens is 446 g/mol. The number of benzene rings is 2. The minimum atomic E-state index is -4.03.